The first kappa shape index (κ1) is 30.8. The molecule has 36 heavy (non-hydrogen) atoms. The van der Waals surface area contributed by atoms with Crippen LogP contribution in [0.3, 0.4) is 0 Å². The van der Waals surface area contributed by atoms with E-state index in [-0.39, 0.29) is 35.6 Å². The Morgan fingerprint density at radius 1 is 0.806 bits per heavy atom. The van der Waals surface area contributed by atoms with E-state index in [2.05, 4.69) is 91.8 Å². The van der Waals surface area contributed by atoms with E-state index in [1.807, 2.05) is 30.3 Å². The molecule has 0 radical (unpaired) electrons. The van der Waals surface area contributed by atoms with Gasteiger partial charge in [-0.15, -0.1) is 11.6 Å². The molecule has 0 fully saturated rings. The van der Waals surface area contributed by atoms with Crippen molar-refractivity contribution in [3.05, 3.63) is 100 Å². The fourth-order valence-electron chi connectivity index (χ4n) is 5.60. The summed E-state index contributed by atoms with van der Waals surface area (Å²) in [7, 11) is 0. The summed E-state index contributed by atoms with van der Waals surface area (Å²) in [5.74, 6) is 0. The topological polar surface area (TPSA) is 0 Å². The molecule has 0 N–H and O–H groups in total. The predicted molar refractivity (Wildman–Crippen MR) is 145 cm³/mol. The Balaban J connectivity index is 0.000000357. The molecule has 0 aromatic heterocycles. The fourth-order valence-corrected chi connectivity index (χ4v) is 5.60. The van der Waals surface area contributed by atoms with E-state index >= 15 is 0 Å². The first-order valence-electron chi connectivity index (χ1n) is 12.3. The molecule has 0 spiro atoms. The minimum absolute atomic E-state index is 0. The summed E-state index contributed by atoms with van der Waals surface area (Å²) in [6.45, 7) is 17.9. The summed E-state index contributed by atoms with van der Waals surface area (Å²) in [6, 6.07) is 19.8. The molecule has 0 nitrogen and oxygen atoms in total. The largest absolute Gasteiger partial charge is 1.00 e. The maximum absolute atomic E-state index is 3.65. The van der Waals surface area contributed by atoms with Gasteiger partial charge in [-0.1, -0.05) is 58.2 Å². The van der Waals surface area contributed by atoms with Crippen LogP contribution in [-0.4, -0.2) is 3.21 Å². The van der Waals surface area contributed by atoms with E-state index in [0.717, 1.165) is 6.42 Å². The Labute approximate surface area is 245 Å². The Morgan fingerprint density at radius 2 is 1.31 bits per heavy atom. The molecule has 188 valence electrons. The number of hydrogen-bond acceptors (Lipinski definition) is 0. The van der Waals surface area contributed by atoms with E-state index in [1.165, 1.54) is 58.9 Å². The molecule has 3 aromatic rings. The van der Waals surface area contributed by atoms with Crippen LogP contribution in [0.15, 0.2) is 60.7 Å². The van der Waals surface area contributed by atoms with Crippen LogP contribution >= 0.6 is 0 Å². The molecule has 0 amide bonds. The van der Waals surface area contributed by atoms with Gasteiger partial charge in [0.05, 0.1) is 0 Å². The molecule has 3 heteroatoms. The van der Waals surface area contributed by atoms with Gasteiger partial charge in [-0.2, -0.15) is 23.8 Å². The second-order valence-electron chi connectivity index (χ2n) is 11.2. The molecule has 3 aliphatic rings. The van der Waals surface area contributed by atoms with Crippen LogP contribution in [-0.2, 0) is 41.5 Å². The minimum atomic E-state index is 0. The SMILES string of the molecule is CC1=[C-]C(C)(C)c2cc3c(cc21)-c1cc2c(cc1C3)C(C)(C)C=C2C.C[C](C)=[Zr+2].[Cl-].[Cl-].c1cc[cH-]c1. The third kappa shape index (κ3) is 6.01. The maximum atomic E-state index is 3.65. The summed E-state index contributed by atoms with van der Waals surface area (Å²) < 4.78 is 1.51. The smallest absolute Gasteiger partial charge is 0.172 e. The van der Waals surface area contributed by atoms with Crippen LogP contribution < -0.4 is 24.8 Å². The second-order valence-corrected chi connectivity index (χ2v) is 13.6. The molecule has 0 bridgehead atoms. The third-order valence-electron chi connectivity index (χ3n) is 6.99. The van der Waals surface area contributed by atoms with Gasteiger partial charge >= 0.3 is 41.3 Å². The molecule has 0 saturated heterocycles. The summed E-state index contributed by atoms with van der Waals surface area (Å²) in [5, 5.41) is 0. The van der Waals surface area contributed by atoms with Crippen molar-refractivity contribution in [2.45, 2.75) is 72.6 Å². The van der Waals surface area contributed by atoms with Gasteiger partial charge in [-0.25, -0.2) is 17.7 Å². The first-order valence-corrected chi connectivity index (χ1v) is 13.5. The van der Waals surface area contributed by atoms with Gasteiger partial charge in [0.25, 0.3) is 0 Å². The number of rotatable bonds is 0. The van der Waals surface area contributed by atoms with E-state index in [0.29, 0.717) is 0 Å². The minimum Gasteiger partial charge on any atom is -1.00 e. The second kappa shape index (κ2) is 11.6. The van der Waals surface area contributed by atoms with Gasteiger partial charge in [0, 0.05) is 5.41 Å². The summed E-state index contributed by atoms with van der Waals surface area (Å²) in [6.07, 6.45) is 7.13. The van der Waals surface area contributed by atoms with E-state index in [1.54, 1.807) is 24.2 Å². The number of benzene rings is 2. The molecule has 0 atom stereocenters. The van der Waals surface area contributed by atoms with Crippen LogP contribution in [0.25, 0.3) is 22.3 Å². The Bertz CT molecular complexity index is 1210. The first-order chi connectivity index (χ1) is 15.9. The zero-order chi connectivity index (χ0) is 24.8. The van der Waals surface area contributed by atoms with Gasteiger partial charge in [0.15, 0.2) is 0 Å². The van der Waals surface area contributed by atoms with Crippen LogP contribution in [0.5, 0.6) is 0 Å². The van der Waals surface area contributed by atoms with Gasteiger partial charge in [0.1, 0.15) is 0 Å². The molecular formula is C33H36Cl2Zr-2. The van der Waals surface area contributed by atoms with Gasteiger partial charge in [-0.3, -0.25) is 6.08 Å². The van der Waals surface area contributed by atoms with Crippen LogP contribution in [0.2, 0.25) is 0 Å². The number of allylic oxidation sites excluding steroid dienone is 4. The number of halogens is 2. The normalized spacial score (nSPS) is 16.2. The van der Waals surface area contributed by atoms with Gasteiger partial charge in [-0.05, 0) is 58.4 Å². The third-order valence-corrected chi connectivity index (χ3v) is 6.99. The van der Waals surface area contributed by atoms with Crippen molar-refractivity contribution in [3.63, 3.8) is 0 Å². The van der Waals surface area contributed by atoms with Crippen LogP contribution in [0, 0.1) is 6.08 Å². The monoisotopic (exact) mass is 592 g/mol. The van der Waals surface area contributed by atoms with E-state index in [4.69, 9.17) is 0 Å². The van der Waals surface area contributed by atoms with Crippen molar-refractivity contribution in [2.75, 3.05) is 0 Å². The average Bonchev–Trinajstić information content (AvgIpc) is 3.48. The molecule has 0 aliphatic heterocycles. The van der Waals surface area contributed by atoms with Crippen LogP contribution in [0.1, 0.15) is 88.8 Å². The Morgan fingerprint density at radius 3 is 1.81 bits per heavy atom. The van der Waals surface area contributed by atoms with Crippen molar-refractivity contribution in [1.29, 1.82) is 0 Å². The number of hydrogen-bond donors (Lipinski definition) is 0. The van der Waals surface area contributed by atoms with E-state index in [9.17, 15) is 0 Å². The summed E-state index contributed by atoms with van der Waals surface area (Å²) >= 11 is 1.55. The van der Waals surface area contributed by atoms with Crippen molar-refractivity contribution >= 4 is 14.4 Å². The number of fused-ring (bicyclic) bond motifs is 5. The molecule has 6 rings (SSSR count). The summed E-state index contributed by atoms with van der Waals surface area (Å²) in [5.41, 5.74) is 14.5. The van der Waals surface area contributed by atoms with Gasteiger partial charge in [0.2, 0.25) is 0 Å². The van der Waals surface area contributed by atoms with Crippen molar-refractivity contribution in [2.24, 2.45) is 0 Å². The van der Waals surface area contributed by atoms with Crippen molar-refractivity contribution in [3.8, 4) is 11.1 Å². The van der Waals surface area contributed by atoms with Crippen molar-refractivity contribution in [1.82, 2.24) is 0 Å². The average molecular weight is 595 g/mol. The maximum Gasteiger partial charge on any atom is -0.172 e. The predicted octanol–water partition coefficient (Wildman–Crippen LogP) is 2.61. The molecule has 3 aliphatic carbocycles. The molecular weight excluding hydrogens is 558 g/mol. The zero-order valence-electron chi connectivity index (χ0n) is 22.7. The molecule has 3 aromatic carbocycles. The van der Waals surface area contributed by atoms with Crippen LogP contribution in [0.4, 0.5) is 0 Å². The molecule has 0 heterocycles. The van der Waals surface area contributed by atoms with Gasteiger partial charge < -0.3 is 24.8 Å². The molecule has 0 saturated carbocycles. The quantitative estimate of drug-likeness (QED) is 0.275. The molecule has 0 unspecified atom stereocenters. The standard InChI is InChI=1S/C25H25.C5H5.C3H6.2ClH.Zr/c1-14-12-24(3,4)22-8-16-7-17-9-23-19(15(2)13-25(23,5)6)11-21(17)20(16)10-18(14)22;1-2-4-5-3-1;1-3-2;;;/h8-12H,7H2,1-6H3;1-5H;1-2H3;2*1H;/q2*-1;;;;+2/p-2. The van der Waals surface area contributed by atoms with Crippen molar-refractivity contribution < 1.29 is 49.0 Å². The Hall–Kier alpha value is -1.40. The zero-order valence-corrected chi connectivity index (χ0v) is 26.7. The van der Waals surface area contributed by atoms with E-state index < -0.39 is 0 Å². The Kier molecular flexibility index (Phi) is 9.89. The fraction of sp³-hybridized carbons (Fsp3) is 0.333. The summed E-state index contributed by atoms with van der Waals surface area (Å²) in [4.78, 5) is 0.